The third-order valence-corrected chi connectivity index (χ3v) is 4.84. The number of hydrogen-bond donors (Lipinski definition) is 1. The van der Waals surface area contributed by atoms with Crippen LogP contribution in [0.15, 0.2) is 29.6 Å². The molecule has 2 rings (SSSR count). The third kappa shape index (κ3) is 19.4. The summed E-state index contributed by atoms with van der Waals surface area (Å²) in [7, 11) is 14.8. The summed E-state index contributed by atoms with van der Waals surface area (Å²) in [6.45, 7) is 6.71. The quantitative estimate of drug-likeness (QED) is 0.105. The Balaban J connectivity index is -0.000000501. The van der Waals surface area contributed by atoms with Crippen LogP contribution >= 0.6 is 55.0 Å². The summed E-state index contributed by atoms with van der Waals surface area (Å²) in [6, 6.07) is 7.57. The summed E-state index contributed by atoms with van der Waals surface area (Å²) in [5, 5.41) is 10.4. The Morgan fingerprint density at radius 1 is 0.878 bits per heavy atom. The predicted octanol–water partition coefficient (Wildman–Crippen LogP) is 7.90. The van der Waals surface area contributed by atoms with E-state index in [2.05, 4.69) is 39.8 Å². The Labute approximate surface area is 268 Å². The average molecular weight is 729 g/mol. The van der Waals surface area contributed by atoms with Crippen molar-refractivity contribution in [3.63, 3.8) is 0 Å². The van der Waals surface area contributed by atoms with Gasteiger partial charge in [0.05, 0.1) is 56.3 Å². The molecule has 0 heterocycles. The van der Waals surface area contributed by atoms with Crippen LogP contribution in [-0.4, -0.2) is 46.0 Å². The van der Waals surface area contributed by atoms with Crippen LogP contribution in [0.4, 0.5) is 5.69 Å². The summed E-state index contributed by atoms with van der Waals surface area (Å²) in [5.41, 5.74) is 6.04. The number of halogens is 5. The van der Waals surface area contributed by atoms with Crippen LogP contribution in [0, 0.1) is 16.2 Å². The van der Waals surface area contributed by atoms with E-state index in [4.69, 9.17) is 55.3 Å². The Kier molecular flexibility index (Phi) is 25.5. The first-order valence-corrected chi connectivity index (χ1v) is 14.3. The van der Waals surface area contributed by atoms with Gasteiger partial charge in [0.25, 0.3) is 0 Å². The van der Waals surface area contributed by atoms with Gasteiger partial charge in [-0.2, -0.15) is 5.26 Å². The second-order valence-corrected chi connectivity index (χ2v) is 10.3. The van der Waals surface area contributed by atoms with Crippen LogP contribution in [0.1, 0.15) is 48.4 Å². The monoisotopic (exact) mass is 726 g/mol. The molecule has 2 aromatic rings. The molecule has 41 heavy (non-hydrogen) atoms. The van der Waals surface area contributed by atoms with Gasteiger partial charge in [-0.3, -0.25) is 0 Å². The van der Waals surface area contributed by atoms with Crippen molar-refractivity contribution in [3.8, 4) is 17.6 Å². The van der Waals surface area contributed by atoms with E-state index in [1.807, 2.05) is 0 Å². The SMILES string of the molecule is CC#N.CC(C)(C)ON=O.COC(=O)c1cc(Cl)c(Cl)c(OC)c1.COC(=O)c1cc(N)c(Cl)c(OC)c1.[Cl][Cu][Cl]. The number of methoxy groups -OCH3 is 4. The molecular weight excluding hydrogens is 699 g/mol. The summed E-state index contributed by atoms with van der Waals surface area (Å²) in [6.07, 6.45) is 0. The normalized spacial score (nSPS) is 9.17. The number of carbonyl (C=O) groups excluding carboxylic acids is 2. The van der Waals surface area contributed by atoms with Crippen LogP contribution in [-0.2, 0) is 27.4 Å². The molecule has 0 aliphatic heterocycles. The van der Waals surface area contributed by atoms with Crippen molar-refractivity contribution < 1.29 is 46.5 Å². The van der Waals surface area contributed by atoms with Gasteiger partial charge in [-0.15, -0.1) is 4.91 Å². The van der Waals surface area contributed by atoms with Gasteiger partial charge in [0.1, 0.15) is 27.1 Å². The zero-order valence-corrected chi connectivity index (χ0v) is 28.0. The molecule has 2 N–H and O–H groups in total. The van der Waals surface area contributed by atoms with Gasteiger partial charge in [-0.05, 0) is 45.0 Å². The van der Waals surface area contributed by atoms with Crippen molar-refractivity contribution in [3.05, 3.63) is 55.4 Å². The van der Waals surface area contributed by atoms with E-state index in [0.29, 0.717) is 27.6 Å². The Morgan fingerprint density at radius 2 is 1.24 bits per heavy atom. The maximum absolute atomic E-state index is 11.2. The van der Waals surface area contributed by atoms with Gasteiger partial charge in [-0.25, -0.2) is 9.59 Å². The van der Waals surface area contributed by atoms with Crippen molar-refractivity contribution in [1.29, 1.82) is 5.26 Å². The first kappa shape index (κ1) is 43.1. The van der Waals surface area contributed by atoms with Crippen molar-refractivity contribution >= 4 is 72.6 Å². The van der Waals surface area contributed by atoms with Crippen LogP contribution in [0.2, 0.25) is 15.1 Å². The zero-order valence-electron chi connectivity index (χ0n) is 23.2. The van der Waals surface area contributed by atoms with E-state index >= 15 is 0 Å². The number of nitriles is 1. The van der Waals surface area contributed by atoms with Gasteiger partial charge >= 0.3 is 45.3 Å². The summed E-state index contributed by atoms with van der Waals surface area (Å²) in [5.74, 6) is -0.264. The number of benzene rings is 2. The molecule has 0 unspecified atom stereocenters. The number of nitrogen functional groups attached to an aromatic ring is 1. The molecule has 0 saturated carbocycles. The van der Waals surface area contributed by atoms with E-state index in [0.717, 1.165) is 13.1 Å². The molecule has 0 spiro atoms. The molecule has 0 bridgehead atoms. The zero-order chi connectivity index (χ0) is 32.8. The van der Waals surface area contributed by atoms with Gasteiger partial charge in [0.15, 0.2) is 5.34 Å². The van der Waals surface area contributed by atoms with E-state index in [9.17, 15) is 14.5 Å². The van der Waals surface area contributed by atoms with E-state index in [-0.39, 0.29) is 15.7 Å². The topological polar surface area (TPSA) is 160 Å². The molecule has 0 aliphatic rings. The Bertz CT molecular complexity index is 1070. The first-order valence-electron chi connectivity index (χ1n) is 10.5. The van der Waals surface area contributed by atoms with E-state index < -0.39 is 17.5 Å². The average Bonchev–Trinajstić information content (AvgIpc) is 2.91. The van der Waals surface area contributed by atoms with Crippen LogP contribution < -0.4 is 15.2 Å². The van der Waals surface area contributed by atoms with Crippen LogP contribution in [0.25, 0.3) is 0 Å². The van der Waals surface area contributed by atoms with Crippen LogP contribution in [0.5, 0.6) is 11.5 Å². The van der Waals surface area contributed by atoms with Gasteiger partial charge in [-0.1, -0.05) is 34.8 Å². The number of hydrogen-bond acceptors (Lipinski definition) is 11. The number of nitrogens with zero attached hydrogens (tertiary/aromatic N) is 2. The summed E-state index contributed by atoms with van der Waals surface area (Å²) in [4.78, 5) is 36.0. The van der Waals surface area contributed by atoms with E-state index in [1.165, 1.54) is 59.6 Å². The Morgan fingerprint density at radius 3 is 1.54 bits per heavy atom. The summed E-state index contributed by atoms with van der Waals surface area (Å²) < 4.78 is 19.0. The second-order valence-electron chi connectivity index (χ2n) is 7.58. The van der Waals surface area contributed by atoms with E-state index in [1.54, 1.807) is 26.8 Å². The molecule has 0 radical (unpaired) electrons. The van der Waals surface area contributed by atoms with Crippen molar-refractivity contribution in [2.45, 2.75) is 33.3 Å². The number of anilines is 1. The molecular formula is C24H30Cl5CuN3O8. The first-order chi connectivity index (χ1) is 19.1. The van der Waals surface area contributed by atoms with Crippen molar-refractivity contribution in [2.75, 3.05) is 34.2 Å². The molecule has 0 saturated heterocycles. The molecule has 0 aliphatic carbocycles. The molecule has 0 fully saturated rings. The Hall–Kier alpha value is -2.36. The van der Waals surface area contributed by atoms with Crippen molar-refractivity contribution in [1.82, 2.24) is 0 Å². The predicted molar refractivity (Wildman–Crippen MR) is 158 cm³/mol. The van der Waals surface area contributed by atoms with Gasteiger partial charge in [0.2, 0.25) is 0 Å². The molecule has 0 aromatic heterocycles. The number of esters is 2. The fraction of sp³-hybridized carbons (Fsp3) is 0.375. The fourth-order valence-electron chi connectivity index (χ4n) is 2.06. The second kappa shape index (κ2) is 24.3. The fourth-order valence-corrected chi connectivity index (χ4v) is 2.65. The standard InChI is InChI=1S/C9H8Cl2O3.C9H10ClNO3.C4H9NO2.C2H3N.2ClH.Cu/c1-13-7-4-5(9(12)14-2)3-6(10)8(7)11;1-13-7-4-5(9(12)14-2)3-6(11)8(7)10;1-4(2,3)7-5-6;1-2-3;;;/h3-4H,1-2H3;3-4H,11H2,1-2H3;1-3H3;1H3;2*1H;/q;;;;;;+2/p-2. The number of ether oxygens (including phenoxy) is 4. The third-order valence-electron chi connectivity index (χ3n) is 3.66. The molecule has 2 aromatic carbocycles. The van der Waals surface area contributed by atoms with Gasteiger partial charge in [0, 0.05) is 6.92 Å². The van der Waals surface area contributed by atoms with Crippen LogP contribution in [0.3, 0.4) is 0 Å². The maximum atomic E-state index is 11.2. The molecule has 235 valence electrons. The molecule has 0 atom stereocenters. The molecule has 11 nitrogen and oxygen atoms in total. The number of nitrogens with two attached hydrogens (primary N) is 1. The minimum atomic E-state index is -0.484. The summed E-state index contributed by atoms with van der Waals surface area (Å²) >= 11 is 18.2. The number of carbonyl (C=O) groups is 2. The van der Waals surface area contributed by atoms with Crippen molar-refractivity contribution in [2.24, 2.45) is 5.34 Å². The molecule has 17 heteroatoms. The molecule has 0 amide bonds. The minimum absolute atomic E-state index is 0.256. The number of rotatable bonds is 5. The van der Waals surface area contributed by atoms with Gasteiger partial charge < -0.3 is 29.5 Å².